The summed E-state index contributed by atoms with van der Waals surface area (Å²) in [4.78, 5) is 12.7. The second kappa shape index (κ2) is 7.26. The molecule has 1 heterocycles. The van der Waals surface area contributed by atoms with E-state index < -0.39 is 21.7 Å². The molecule has 1 aromatic carbocycles. The highest BCUT2D eigenvalue weighted by molar-refractivity contribution is 7.89. The highest BCUT2D eigenvalue weighted by Crippen LogP contribution is 2.65. The van der Waals surface area contributed by atoms with E-state index in [1.165, 1.54) is 10.7 Å². The molecule has 1 aliphatic heterocycles. The van der Waals surface area contributed by atoms with Gasteiger partial charge in [0.05, 0.1) is 4.90 Å². The molecule has 0 aromatic heterocycles. The van der Waals surface area contributed by atoms with Gasteiger partial charge in [-0.3, -0.25) is 4.79 Å². The maximum atomic E-state index is 13.5. The molecule has 5 nitrogen and oxygen atoms in total. The summed E-state index contributed by atoms with van der Waals surface area (Å²) in [6.07, 6.45) is 4.20. The Bertz CT molecular complexity index is 957. The quantitative estimate of drug-likeness (QED) is 0.777. The van der Waals surface area contributed by atoms with E-state index in [1.807, 2.05) is 0 Å². The van der Waals surface area contributed by atoms with Crippen molar-refractivity contribution in [1.29, 1.82) is 0 Å². The molecule has 30 heavy (non-hydrogen) atoms. The van der Waals surface area contributed by atoms with Gasteiger partial charge in [0.15, 0.2) is 11.6 Å². The lowest BCUT2D eigenvalue weighted by Crippen LogP contribution is -2.50. The van der Waals surface area contributed by atoms with Crippen LogP contribution >= 0.6 is 0 Å². The van der Waals surface area contributed by atoms with Crippen molar-refractivity contribution >= 4 is 15.9 Å². The number of carbonyl (C=O) groups excluding carboxylic acids is 1. The van der Waals surface area contributed by atoms with E-state index in [0.717, 1.165) is 25.0 Å². The van der Waals surface area contributed by atoms with Crippen LogP contribution in [0.2, 0.25) is 0 Å². The van der Waals surface area contributed by atoms with Gasteiger partial charge in [0.2, 0.25) is 15.9 Å². The molecular formula is C22H30F2N2O3S. The number of piperidine rings is 1. The molecule has 1 aromatic rings. The summed E-state index contributed by atoms with van der Waals surface area (Å²) < 4.78 is 53.4. The lowest BCUT2D eigenvalue weighted by molar-refractivity contribution is -0.127. The van der Waals surface area contributed by atoms with E-state index in [9.17, 15) is 22.0 Å². The zero-order chi connectivity index (χ0) is 21.9. The van der Waals surface area contributed by atoms with E-state index in [-0.39, 0.29) is 46.7 Å². The van der Waals surface area contributed by atoms with Crippen LogP contribution in [0.1, 0.15) is 52.9 Å². The molecule has 3 aliphatic rings. The lowest BCUT2D eigenvalue weighted by atomic mass is 9.69. The third-order valence-corrected chi connectivity index (χ3v) is 10.4. The Labute approximate surface area is 177 Å². The van der Waals surface area contributed by atoms with E-state index in [0.29, 0.717) is 24.8 Å². The molecule has 0 spiro atoms. The molecule has 3 fully saturated rings. The molecule has 1 amide bonds. The van der Waals surface area contributed by atoms with Crippen molar-refractivity contribution < 1.29 is 22.0 Å². The number of sulfonamides is 1. The Morgan fingerprint density at radius 1 is 1.10 bits per heavy atom. The highest BCUT2D eigenvalue weighted by Gasteiger charge is 2.61. The van der Waals surface area contributed by atoms with Crippen LogP contribution in [0.15, 0.2) is 23.1 Å². The number of hydrogen-bond donors (Lipinski definition) is 1. The number of benzene rings is 1. The van der Waals surface area contributed by atoms with Crippen LogP contribution in [0.4, 0.5) is 8.78 Å². The van der Waals surface area contributed by atoms with Crippen LogP contribution in [-0.2, 0) is 14.8 Å². The molecule has 8 heteroatoms. The van der Waals surface area contributed by atoms with Crippen molar-refractivity contribution in [3.8, 4) is 0 Å². The van der Waals surface area contributed by atoms with Gasteiger partial charge in [-0.1, -0.05) is 20.8 Å². The number of rotatable bonds is 4. The molecule has 166 valence electrons. The predicted molar refractivity (Wildman–Crippen MR) is 109 cm³/mol. The first-order chi connectivity index (χ1) is 14.0. The van der Waals surface area contributed by atoms with E-state index in [4.69, 9.17) is 0 Å². The number of nitrogens with one attached hydrogen (secondary N) is 1. The van der Waals surface area contributed by atoms with E-state index in [1.54, 1.807) is 0 Å². The third kappa shape index (κ3) is 3.27. The van der Waals surface area contributed by atoms with E-state index in [2.05, 4.69) is 26.1 Å². The van der Waals surface area contributed by atoms with Gasteiger partial charge in [-0.05, 0) is 67.1 Å². The van der Waals surface area contributed by atoms with Crippen molar-refractivity contribution in [1.82, 2.24) is 9.62 Å². The van der Waals surface area contributed by atoms with Gasteiger partial charge in [0.25, 0.3) is 0 Å². The summed E-state index contributed by atoms with van der Waals surface area (Å²) >= 11 is 0. The van der Waals surface area contributed by atoms with E-state index >= 15 is 0 Å². The number of carbonyl (C=O) groups is 1. The minimum absolute atomic E-state index is 0.00875. The Morgan fingerprint density at radius 3 is 2.30 bits per heavy atom. The fraction of sp³-hybridized carbons (Fsp3) is 0.682. The summed E-state index contributed by atoms with van der Waals surface area (Å²) in [5.41, 5.74) is 0.316. The minimum atomic E-state index is -3.91. The normalized spacial score (nSPS) is 31.8. The van der Waals surface area contributed by atoms with Gasteiger partial charge in [-0.25, -0.2) is 17.2 Å². The largest absolute Gasteiger partial charge is 0.353 e. The molecule has 2 aliphatic carbocycles. The topological polar surface area (TPSA) is 66.5 Å². The van der Waals surface area contributed by atoms with Crippen LogP contribution in [-0.4, -0.2) is 37.8 Å². The first kappa shape index (κ1) is 21.7. The maximum absolute atomic E-state index is 13.5. The van der Waals surface area contributed by atoms with Crippen molar-refractivity contribution in [3.05, 3.63) is 29.8 Å². The summed E-state index contributed by atoms with van der Waals surface area (Å²) in [5.74, 6) is -1.85. The molecule has 0 radical (unpaired) electrons. The lowest BCUT2D eigenvalue weighted by Gasteiger charge is -2.40. The van der Waals surface area contributed by atoms with Crippen molar-refractivity contribution in [3.63, 3.8) is 0 Å². The predicted octanol–water partition coefficient (Wildman–Crippen LogP) is 3.70. The fourth-order valence-electron chi connectivity index (χ4n) is 5.86. The van der Waals surface area contributed by atoms with Crippen LogP contribution < -0.4 is 5.32 Å². The number of nitrogens with zero attached hydrogens (tertiary/aromatic N) is 1. The third-order valence-electron chi connectivity index (χ3n) is 8.46. The van der Waals surface area contributed by atoms with Crippen molar-refractivity contribution in [2.45, 2.75) is 63.8 Å². The zero-order valence-electron chi connectivity index (χ0n) is 17.7. The first-order valence-electron chi connectivity index (χ1n) is 10.7. The fourth-order valence-corrected chi connectivity index (χ4v) is 7.34. The Hall–Kier alpha value is -1.54. The monoisotopic (exact) mass is 440 g/mol. The van der Waals surface area contributed by atoms with Gasteiger partial charge in [0, 0.05) is 25.0 Å². The van der Waals surface area contributed by atoms with Crippen molar-refractivity contribution in [2.24, 2.45) is 22.7 Å². The number of hydrogen-bond acceptors (Lipinski definition) is 3. The highest BCUT2D eigenvalue weighted by atomic mass is 32.2. The first-order valence-corrected chi connectivity index (χ1v) is 12.2. The molecular weight excluding hydrogens is 410 g/mol. The molecule has 2 bridgehead atoms. The average Bonchev–Trinajstić information content (AvgIpc) is 3.03. The van der Waals surface area contributed by atoms with Gasteiger partial charge in [-0.15, -0.1) is 0 Å². The standard InChI is InChI=1S/C22H30F2N2O3S/c1-21(2)15-6-9-22(21,3)19(12-15)25-20(27)14-7-10-26(11-8-14)30(28,29)16-4-5-17(23)18(24)13-16/h4-5,13-15,19H,6-12H2,1-3H3,(H,25,27)/t15-,19+,22-/m0/s1. The van der Waals surface area contributed by atoms with Crippen LogP contribution in [0, 0.1) is 34.3 Å². The molecule has 0 unspecified atom stereocenters. The molecule has 3 atom stereocenters. The van der Waals surface area contributed by atoms with Crippen LogP contribution in [0.5, 0.6) is 0 Å². The van der Waals surface area contributed by atoms with Gasteiger partial charge < -0.3 is 5.32 Å². The summed E-state index contributed by atoms with van der Waals surface area (Å²) in [6.45, 7) is 7.27. The Morgan fingerprint density at radius 2 is 1.77 bits per heavy atom. The van der Waals surface area contributed by atoms with Gasteiger partial charge in [0.1, 0.15) is 0 Å². The summed E-state index contributed by atoms with van der Waals surface area (Å²) in [7, 11) is -3.91. The number of fused-ring (bicyclic) bond motifs is 2. The number of amides is 1. The molecule has 4 rings (SSSR count). The smallest absolute Gasteiger partial charge is 0.243 e. The van der Waals surface area contributed by atoms with Gasteiger partial charge in [-0.2, -0.15) is 4.31 Å². The Kier molecular flexibility index (Phi) is 5.25. The Balaban J connectivity index is 1.38. The SMILES string of the molecule is CC1(C)[C@H]2CC[C@@]1(C)[C@H](NC(=O)C1CCN(S(=O)(=O)c3ccc(F)c(F)c3)CC1)C2. The maximum Gasteiger partial charge on any atom is 0.243 e. The molecule has 2 saturated carbocycles. The summed E-state index contributed by atoms with van der Waals surface area (Å²) in [6, 6.07) is 2.77. The molecule has 1 saturated heterocycles. The van der Waals surface area contributed by atoms with Crippen LogP contribution in [0.3, 0.4) is 0 Å². The minimum Gasteiger partial charge on any atom is -0.353 e. The second-order valence-electron chi connectivity index (χ2n) is 9.93. The summed E-state index contributed by atoms with van der Waals surface area (Å²) in [5, 5.41) is 3.28. The van der Waals surface area contributed by atoms with Crippen molar-refractivity contribution in [2.75, 3.05) is 13.1 Å². The van der Waals surface area contributed by atoms with Crippen LogP contribution in [0.25, 0.3) is 0 Å². The molecule has 1 N–H and O–H groups in total. The van der Waals surface area contributed by atoms with Gasteiger partial charge >= 0.3 is 0 Å². The zero-order valence-corrected chi connectivity index (χ0v) is 18.6. The average molecular weight is 441 g/mol. The number of halogens is 2. The second-order valence-corrected chi connectivity index (χ2v) is 11.9.